The molecule has 0 unspecified atom stereocenters. The second-order valence-corrected chi connectivity index (χ2v) is 3.99. The zero-order valence-electron chi connectivity index (χ0n) is 9.93. The lowest BCUT2D eigenvalue weighted by Crippen LogP contribution is -2.26. The van der Waals surface area contributed by atoms with Gasteiger partial charge in [-0.05, 0) is 36.8 Å². The molecule has 0 spiro atoms. The molecule has 0 saturated carbocycles. The summed E-state index contributed by atoms with van der Waals surface area (Å²) in [4.78, 5) is 15.8. The van der Waals surface area contributed by atoms with Crippen LogP contribution in [0.2, 0.25) is 0 Å². The van der Waals surface area contributed by atoms with Crippen molar-refractivity contribution in [3.05, 3.63) is 65.7 Å². The van der Waals surface area contributed by atoms with E-state index in [4.69, 9.17) is 0 Å². The Kier molecular flexibility index (Phi) is 3.67. The molecule has 2 rings (SSSR count). The van der Waals surface area contributed by atoms with Crippen LogP contribution in [0.5, 0.6) is 0 Å². The maximum atomic E-state index is 12.8. The number of hydrogen-bond acceptors (Lipinski definition) is 2. The molecular weight excluding hydrogens is 231 g/mol. The summed E-state index contributed by atoms with van der Waals surface area (Å²) < 4.78 is 12.8. The average molecular weight is 244 g/mol. The molecule has 0 bridgehead atoms. The van der Waals surface area contributed by atoms with E-state index in [1.807, 2.05) is 6.92 Å². The number of aromatic nitrogens is 1. The van der Waals surface area contributed by atoms with Crippen LogP contribution in [-0.4, -0.2) is 10.9 Å². The van der Waals surface area contributed by atoms with Crippen molar-refractivity contribution < 1.29 is 9.18 Å². The van der Waals surface area contributed by atoms with Gasteiger partial charge in [-0.1, -0.05) is 12.1 Å². The van der Waals surface area contributed by atoms with Crippen molar-refractivity contribution in [1.29, 1.82) is 0 Å². The number of carbonyl (C=O) groups is 1. The van der Waals surface area contributed by atoms with E-state index in [2.05, 4.69) is 10.3 Å². The Morgan fingerprint density at radius 2 is 2.00 bits per heavy atom. The minimum absolute atomic E-state index is 0.182. The Balaban J connectivity index is 2.06. The van der Waals surface area contributed by atoms with Gasteiger partial charge in [0.05, 0.1) is 11.6 Å². The lowest BCUT2D eigenvalue weighted by Gasteiger charge is -2.14. The molecule has 92 valence electrons. The summed E-state index contributed by atoms with van der Waals surface area (Å²) in [7, 11) is 0. The quantitative estimate of drug-likeness (QED) is 0.902. The van der Waals surface area contributed by atoms with Gasteiger partial charge in [0.25, 0.3) is 5.91 Å². The van der Waals surface area contributed by atoms with Crippen molar-refractivity contribution >= 4 is 5.91 Å². The number of halogens is 1. The summed E-state index contributed by atoms with van der Waals surface area (Å²) in [6.07, 6.45) is 3.12. The average Bonchev–Trinajstić information content (AvgIpc) is 2.40. The number of carbonyl (C=O) groups excluding carboxylic acids is 1. The Morgan fingerprint density at radius 1 is 1.28 bits per heavy atom. The predicted octanol–water partition coefficient (Wildman–Crippen LogP) is 2.71. The van der Waals surface area contributed by atoms with E-state index in [0.717, 1.165) is 5.56 Å². The van der Waals surface area contributed by atoms with Crippen LogP contribution in [0.4, 0.5) is 4.39 Å². The molecule has 0 aliphatic carbocycles. The largest absolute Gasteiger partial charge is 0.345 e. The first kappa shape index (κ1) is 12.2. The van der Waals surface area contributed by atoms with Crippen molar-refractivity contribution in [2.24, 2.45) is 0 Å². The Hall–Kier alpha value is -2.23. The van der Waals surface area contributed by atoms with Crippen LogP contribution >= 0.6 is 0 Å². The first-order valence-corrected chi connectivity index (χ1v) is 5.63. The van der Waals surface area contributed by atoms with E-state index in [-0.39, 0.29) is 17.8 Å². The lowest BCUT2D eigenvalue weighted by molar-refractivity contribution is 0.0939. The normalized spacial score (nSPS) is 11.9. The van der Waals surface area contributed by atoms with Crippen molar-refractivity contribution in [3.63, 3.8) is 0 Å². The summed E-state index contributed by atoms with van der Waals surface area (Å²) in [6, 6.07) is 9.28. The van der Waals surface area contributed by atoms with Crippen molar-refractivity contribution in [3.8, 4) is 0 Å². The van der Waals surface area contributed by atoms with E-state index in [1.54, 1.807) is 30.5 Å². The summed E-state index contributed by atoms with van der Waals surface area (Å²) in [5.74, 6) is -0.482. The second kappa shape index (κ2) is 5.40. The van der Waals surface area contributed by atoms with Gasteiger partial charge >= 0.3 is 0 Å². The summed E-state index contributed by atoms with van der Waals surface area (Å²) in [5.41, 5.74) is 1.36. The third kappa shape index (κ3) is 2.91. The highest BCUT2D eigenvalue weighted by atomic mass is 19.1. The summed E-state index contributed by atoms with van der Waals surface area (Å²) >= 11 is 0. The maximum Gasteiger partial charge on any atom is 0.253 e. The van der Waals surface area contributed by atoms with E-state index >= 15 is 0 Å². The highest BCUT2D eigenvalue weighted by Gasteiger charge is 2.11. The number of amides is 1. The Morgan fingerprint density at radius 3 is 2.61 bits per heavy atom. The highest BCUT2D eigenvalue weighted by molar-refractivity contribution is 5.94. The molecular formula is C14H13FN2O. The molecule has 0 saturated heterocycles. The number of benzene rings is 1. The topological polar surface area (TPSA) is 42.0 Å². The third-order valence-electron chi connectivity index (χ3n) is 2.64. The van der Waals surface area contributed by atoms with Gasteiger partial charge in [0.15, 0.2) is 0 Å². The molecule has 0 fully saturated rings. The summed E-state index contributed by atoms with van der Waals surface area (Å²) in [5, 5.41) is 2.83. The standard InChI is InChI=1S/C14H13FN2O/c1-10(11-4-6-13(15)7-5-11)17-14(18)12-3-2-8-16-9-12/h2-10H,1H3,(H,17,18)/t10-/m0/s1. The van der Waals surface area contributed by atoms with Gasteiger partial charge in [-0.25, -0.2) is 4.39 Å². The Labute approximate surface area is 105 Å². The van der Waals surface area contributed by atoms with Crippen LogP contribution in [0.25, 0.3) is 0 Å². The minimum atomic E-state index is -0.287. The molecule has 0 aliphatic heterocycles. The molecule has 1 N–H and O–H groups in total. The fourth-order valence-electron chi connectivity index (χ4n) is 1.61. The number of pyridine rings is 1. The zero-order chi connectivity index (χ0) is 13.0. The maximum absolute atomic E-state index is 12.8. The van der Waals surface area contributed by atoms with Crippen molar-refractivity contribution in [2.75, 3.05) is 0 Å². The van der Waals surface area contributed by atoms with Gasteiger partial charge < -0.3 is 5.32 Å². The molecule has 1 amide bonds. The van der Waals surface area contributed by atoms with Gasteiger partial charge in [0.2, 0.25) is 0 Å². The Bertz CT molecular complexity index is 525. The predicted molar refractivity (Wildman–Crippen MR) is 66.5 cm³/mol. The first-order valence-electron chi connectivity index (χ1n) is 5.63. The fourth-order valence-corrected chi connectivity index (χ4v) is 1.61. The van der Waals surface area contributed by atoms with Crippen LogP contribution < -0.4 is 5.32 Å². The first-order chi connectivity index (χ1) is 8.66. The molecule has 0 aliphatic rings. The van der Waals surface area contributed by atoms with Crippen LogP contribution in [-0.2, 0) is 0 Å². The van der Waals surface area contributed by atoms with Gasteiger partial charge in [-0.3, -0.25) is 9.78 Å². The molecule has 18 heavy (non-hydrogen) atoms. The van der Waals surface area contributed by atoms with Crippen molar-refractivity contribution in [2.45, 2.75) is 13.0 Å². The zero-order valence-corrected chi connectivity index (χ0v) is 9.93. The monoisotopic (exact) mass is 244 g/mol. The molecule has 1 atom stereocenters. The van der Waals surface area contributed by atoms with E-state index in [9.17, 15) is 9.18 Å². The molecule has 1 aromatic carbocycles. The van der Waals surface area contributed by atoms with Crippen LogP contribution in [0.15, 0.2) is 48.8 Å². The molecule has 1 heterocycles. The SMILES string of the molecule is C[C@H](NC(=O)c1cccnc1)c1ccc(F)cc1. The molecule has 2 aromatic rings. The summed E-state index contributed by atoms with van der Waals surface area (Å²) in [6.45, 7) is 1.85. The molecule has 1 aromatic heterocycles. The number of rotatable bonds is 3. The van der Waals surface area contributed by atoms with Crippen molar-refractivity contribution in [1.82, 2.24) is 10.3 Å². The van der Waals surface area contributed by atoms with Gasteiger partial charge in [0.1, 0.15) is 5.82 Å². The minimum Gasteiger partial charge on any atom is -0.345 e. The smallest absolute Gasteiger partial charge is 0.253 e. The lowest BCUT2D eigenvalue weighted by atomic mass is 10.1. The number of hydrogen-bond donors (Lipinski definition) is 1. The molecule has 4 heteroatoms. The van der Waals surface area contributed by atoms with Crippen LogP contribution in [0.3, 0.4) is 0 Å². The second-order valence-electron chi connectivity index (χ2n) is 3.99. The van der Waals surface area contributed by atoms with E-state index in [1.165, 1.54) is 18.3 Å². The number of nitrogens with one attached hydrogen (secondary N) is 1. The van der Waals surface area contributed by atoms with E-state index in [0.29, 0.717) is 5.56 Å². The third-order valence-corrected chi connectivity index (χ3v) is 2.64. The fraction of sp³-hybridized carbons (Fsp3) is 0.143. The van der Waals surface area contributed by atoms with Crippen LogP contribution in [0, 0.1) is 5.82 Å². The van der Waals surface area contributed by atoms with Gasteiger partial charge in [-0.15, -0.1) is 0 Å². The molecule has 0 radical (unpaired) electrons. The molecule has 3 nitrogen and oxygen atoms in total. The highest BCUT2D eigenvalue weighted by Crippen LogP contribution is 2.13. The van der Waals surface area contributed by atoms with Gasteiger partial charge in [-0.2, -0.15) is 0 Å². The van der Waals surface area contributed by atoms with Crippen LogP contribution in [0.1, 0.15) is 28.9 Å². The van der Waals surface area contributed by atoms with Gasteiger partial charge in [0, 0.05) is 12.4 Å². The number of nitrogens with zero attached hydrogens (tertiary/aromatic N) is 1. The van der Waals surface area contributed by atoms with E-state index < -0.39 is 0 Å².